The van der Waals surface area contributed by atoms with Crippen LogP contribution in [-0.4, -0.2) is 141 Å². The van der Waals surface area contributed by atoms with E-state index in [0.717, 1.165) is 38.1 Å². The van der Waals surface area contributed by atoms with E-state index in [-0.39, 0.29) is 36.0 Å². The first-order chi connectivity index (χ1) is 30.8. The summed E-state index contributed by atoms with van der Waals surface area (Å²) in [5, 5.41) is 8.58. The van der Waals surface area contributed by atoms with Crippen LogP contribution in [0.1, 0.15) is 64.7 Å². The Balaban J connectivity index is 1.38. The molecular weight excluding hydrogens is 897 g/mol. The minimum absolute atomic E-state index is 0.117. The molecule has 0 saturated carbocycles. The van der Waals surface area contributed by atoms with Crippen molar-refractivity contribution in [1.82, 2.24) is 13.6 Å². The maximum Gasteiger partial charge on any atom is 0.347 e. The lowest BCUT2D eigenvalue weighted by atomic mass is 10.1. The lowest BCUT2D eigenvalue weighted by molar-refractivity contribution is -0.174. The molecule has 24 heteroatoms. The fourth-order valence-electron chi connectivity index (χ4n) is 5.85. The Morgan fingerprint density at radius 2 is 1.63 bits per heavy atom. The number of para-hydroxylation sites is 1. The number of morpholine rings is 1. The normalized spacial score (nSPS) is 13.7. The number of amides is 1. The van der Waals surface area contributed by atoms with E-state index in [1.165, 1.54) is 11.0 Å². The number of nitrogens with two attached hydrogens (primary N) is 1. The summed E-state index contributed by atoms with van der Waals surface area (Å²) in [5.74, 6) is -5.05. The number of benzene rings is 2. The monoisotopic (exact) mass is 950 g/mol. The van der Waals surface area contributed by atoms with Gasteiger partial charge in [-0.15, -0.1) is 4.37 Å². The van der Waals surface area contributed by atoms with E-state index in [2.05, 4.69) is 14.1 Å². The average molecular weight is 951 g/mol. The highest BCUT2D eigenvalue weighted by Crippen LogP contribution is 2.37. The Morgan fingerprint density at radius 1 is 0.954 bits per heavy atom. The van der Waals surface area contributed by atoms with Gasteiger partial charge in [-0.2, -0.15) is 4.37 Å². The maximum atomic E-state index is 13.2. The van der Waals surface area contributed by atoms with Gasteiger partial charge in [0.05, 0.1) is 42.7 Å². The molecule has 4 rings (SSSR count). The van der Waals surface area contributed by atoms with Gasteiger partial charge in [0.25, 0.3) is 11.8 Å². The Bertz CT molecular complexity index is 2230. The largest absolute Gasteiger partial charge is 0.470 e. The second-order valence-electron chi connectivity index (χ2n) is 15.3. The van der Waals surface area contributed by atoms with Crippen LogP contribution < -0.4 is 24.8 Å². The molecule has 0 radical (unpaired) electrons. The smallest absolute Gasteiger partial charge is 0.347 e. The van der Waals surface area contributed by atoms with E-state index in [1.807, 2.05) is 11.8 Å². The van der Waals surface area contributed by atoms with Crippen LogP contribution in [0.4, 0.5) is 11.5 Å². The van der Waals surface area contributed by atoms with Crippen molar-refractivity contribution >= 4 is 69.0 Å². The van der Waals surface area contributed by atoms with Crippen LogP contribution in [0.15, 0.2) is 47.4 Å². The number of nitrogens with one attached hydrogen (secondary N) is 1. The zero-order valence-electron chi connectivity index (χ0n) is 36.9. The van der Waals surface area contributed by atoms with Gasteiger partial charge in [0.15, 0.2) is 37.8 Å². The van der Waals surface area contributed by atoms with Crippen molar-refractivity contribution in [3.05, 3.63) is 48.0 Å². The molecule has 1 aliphatic rings. The van der Waals surface area contributed by atoms with Gasteiger partial charge in [0, 0.05) is 32.1 Å². The zero-order chi connectivity index (χ0) is 47.7. The number of nitrogens with zero attached hydrogens (tertiary/aromatic N) is 4. The molecule has 65 heavy (non-hydrogen) atoms. The van der Waals surface area contributed by atoms with Crippen LogP contribution in [0.5, 0.6) is 17.4 Å². The molecule has 356 valence electrons. The van der Waals surface area contributed by atoms with Gasteiger partial charge in [-0.05, 0) is 58.4 Å². The number of aromatic nitrogens is 2. The first-order valence-corrected chi connectivity index (χ1v) is 22.7. The predicted molar refractivity (Wildman–Crippen MR) is 231 cm³/mol. The summed E-state index contributed by atoms with van der Waals surface area (Å²) in [4.78, 5) is 79.1. The quantitative estimate of drug-likeness (QED) is 0.0785. The molecule has 1 fully saturated rings. The van der Waals surface area contributed by atoms with Gasteiger partial charge < -0.3 is 53.0 Å². The number of rotatable bonds is 23. The lowest BCUT2D eigenvalue weighted by Gasteiger charge is -2.37. The fourth-order valence-corrected chi connectivity index (χ4v) is 7.08. The van der Waals surface area contributed by atoms with E-state index in [4.69, 9.17) is 43.0 Å². The molecule has 1 unspecified atom stereocenters. The number of carbonyl (C=O) groups excluding carboxylic acids is 6. The van der Waals surface area contributed by atoms with Gasteiger partial charge in [0.2, 0.25) is 15.8 Å². The third-order valence-corrected chi connectivity index (χ3v) is 10.5. The van der Waals surface area contributed by atoms with Gasteiger partial charge in [-0.1, -0.05) is 31.5 Å². The summed E-state index contributed by atoms with van der Waals surface area (Å²) >= 11 is 0.907. The Morgan fingerprint density at radius 3 is 2.28 bits per heavy atom. The minimum atomic E-state index is -4.47. The van der Waals surface area contributed by atoms with Crippen molar-refractivity contribution in [2.75, 3.05) is 76.0 Å². The average Bonchev–Trinajstić information content (AvgIpc) is 3.73. The molecule has 1 amide bonds. The summed E-state index contributed by atoms with van der Waals surface area (Å²) in [6, 6.07) is 10.5. The summed E-state index contributed by atoms with van der Waals surface area (Å²) in [7, 11) is -4.47. The van der Waals surface area contributed by atoms with E-state index in [1.54, 1.807) is 51.1 Å². The third kappa shape index (κ3) is 16.4. The van der Waals surface area contributed by atoms with Crippen molar-refractivity contribution in [1.29, 1.82) is 0 Å². The molecule has 1 aliphatic heterocycles. The molecule has 0 aliphatic carbocycles. The topological polar surface area (TPSA) is 281 Å². The fraction of sp³-hybridized carbons (Fsp3) is 0.512. The molecule has 3 aromatic rings. The van der Waals surface area contributed by atoms with Crippen molar-refractivity contribution in [2.24, 2.45) is 5.14 Å². The van der Waals surface area contributed by atoms with Gasteiger partial charge >= 0.3 is 29.8 Å². The van der Waals surface area contributed by atoms with Crippen LogP contribution in [0.2, 0.25) is 0 Å². The highest BCUT2D eigenvalue weighted by molar-refractivity contribution is 7.89. The maximum absolute atomic E-state index is 13.2. The summed E-state index contributed by atoms with van der Waals surface area (Å²) in [5.41, 5.74) is -1.03. The molecule has 1 aromatic heterocycles. The molecule has 1 saturated heterocycles. The SMILES string of the molecule is CCCCNc1cc(C(=O)OCC(=O)OC(C)C(=O)OCC(=O)O[C@H](COc2nsnc2N2CCOCC2)CN(C(=O)COC(C)=O)C(C)(C)C)cc(S(N)(=O)=O)c1Oc1ccccc1. The molecule has 0 spiro atoms. The molecule has 0 bridgehead atoms. The van der Waals surface area contributed by atoms with Crippen LogP contribution in [0.3, 0.4) is 0 Å². The van der Waals surface area contributed by atoms with E-state index < -0.39 is 88.2 Å². The number of esters is 5. The predicted octanol–water partition coefficient (Wildman–Crippen LogP) is 2.84. The summed E-state index contributed by atoms with van der Waals surface area (Å²) in [6.45, 7) is 8.70. The molecule has 2 heterocycles. The lowest BCUT2D eigenvalue weighted by Crippen LogP contribution is -2.52. The number of hydrogen-bond acceptors (Lipinski definition) is 21. The van der Waals surface area contributed by atoms with E-state index in [9.17, 15) is 37.2 Å². The summed E-state index contributed by atoms with van der Waals surface area (Å²) in [6.07, 6.45) is -1.29. The molecule has 3 N–H and O–H groups in total. The number of sulfonamides is 1. The second-order valence-corrected chi connectivity index (χ2v) is 17.3. The number of carbonyl (C=O) groups is 6. The van der Waals surface area contributed by atoms with Crippen molar-refractivity contribution < 1.29 is 75.1 Å². The van der Waals surface area contributed by atoms with Crippen LogP contribution >= 0.6 is 11.7 Å². The van der Waals surface area contributed by atoms with Crippen LogP contribution in [-0.2, 0) is 62.4 Å². The van der Waals surface area contributed by atoms with E-state index >= 15 is 0 Å². The molecule has 2 aromatic carbocycles. The third-order valence-electron chi connectivity index (χ3n) is 9.05. The number of unbranched alkanes of at least 4 members (excludes halogenated alkanes) is 1. The summed E-state index contributed by atoms with van der Waals surface area (Å²) < 4.78 is 76.9. The van der Waals surface area contributed by atoms with Crippen LogP contribution in [0.25, 0.3) is 0 Å². The Hall–Kier alpha value is -6.11. The number of anilines is 2. The highest BCUT2D eigenvalue weighted by atomic mass is 32.2. The highest BCUT2D eigenvalue weighted by Gasteiger charge is 2.33. The Kier molecular flexibility index (Phi) is 19.2. The molecule has 22 nitrogen and oxygen atoms in total. The number of hydrogen-bond donors (Lipinski definition) is 2. The van der Waals surface area contributed by atoms with Crippen LogP contribution in [0, 0.1) is 0 Å². The Labute approximate surface area is 380 Å². The van der Waals surface area contributed by atoms with E-state index in [0.29, 0.717) is 50.8 Å². The van der Waals surface area contributed by atoms with Gasteiger partial charge in [0.1, 0.15) is 17.3 Å². The number of primary sulfonamides is 1. The molecule has 2 atom stereocenters. The van der Waals surface area contributed by atoms with Crippen molar-refractivity contribution in [3.8, 4) is 17.4 Å². The first-order valence-electron chi connectivity index (χ1n) is 20.4. The van der Waals surface area contributed by atoms with Crippen molar-refractivity contribution in [2.45, 2.75) is 77.0 Å². The standard InChI is InChI=1S/C41H54N6O16S2/c1-7-8-14-43-31-19-28(20-32(65(42,54)55)36(31)63-29-12-10-9-11-13-29)40(53)60-24-34(50)61-26(2)39(52)59-25-35(51)62-30(21-47(41(4,5)6)33(49)23-57-27(3)48)22-58-38-37(44-64-45-38)46-15-17-56-18-16-46/h9-13,19-20,26,30,43H,7-8,14-18,21-25H2,1-6H3,(H2,42,54,55)/t26?,30-/m0/s1. The number of ether oxygens (including phenoxy) is 8. The molecular formula is C41H54N6O16S2. The zero-order valence-corrected chi connectivity index (χ0v) is 38.5. The van der Waals surface area contributed by atoms with Gasteiger partial charge in [-0.25, -0.2) is 32.7 Å². The first kappa shape index (κ1) is 51.5. The second kappa shape index (κ2) is 24.3. The van der Waals surface area contributed by atoms with Gasteiger partial charge in [-0.3, -0.25) is 9.59 Å². The van der Waals surface area contributed by atoms with Crippen molar-refractivity contribution in [3.63, 3.8) is 0 Å². The minimum Gasteiger partial charge on any atom is -0.470 e.